The van der Waals surface area contributed by atoms with Gasteiger partial charge in [0.1, 0.15) is 0 Å². The van der Waals surface area contributed by atoms with Crippen LogP contribution in [0.2, 0.25) is 0 Å². The van der Waals surface area contributed by atoms with Crippen LogP contribution in [0.15, 0.2) is 243 Å². The average molecular weight is 821 g/mol. The second-order valence-electron chi connectivity index (χ2n) is 16.2. The van der Waals surface area contributed by atoms with Crippen molar-refractivity contribution in [3.05, 3.63) is 243 Å². The Labute approximate surface area is 370 Å². The summed E-state index contributed by atoms with van der Waals surface area (Å²) in [7, 11) is 0. The molecule has 0 amide bonds. The van der Waals surface area contributed by atoms with Gasteiger partial charge in [0.05, 0.1) is 5.69 Å². The van der Waals surface area contributed by atoms with Crippen molar-refractivity contribution >= 4 is 98.0 Å². The van der Waals surface area contributed by atoms with Gasteiger partial charge >= 0.3 is 0 Å². The van der Waals surface area contributed by atoms with Gasteiger partial charge in [-0.3, -0.25) is 0 Å². The Morgan fingerprint density at radius 1 is 0.254 bits per heavy atom. The fourth-order valence-corrected chi connectivity index (χ4v) is 10.4. The first-order valence-corrected chi connectivity index (χ1v) is 22.3. The van der Waals surface area contributed by atoms with E-state index in [0.717, 1.165) is 34.1 Å². The summed E-state index contributed by atoms with van der Waals surface area (Å²) < 4.78 is 2.50. The normalized spacial score (nSPS) is 11.5. The second-order valence-corrected chi connectivity index (χ2v) is 17.3. The van der Waals surface area contributed by atoms with Crippen LogP contribution in [-0.2, 0) is 0 Å². The lowest BCUT2D eigenvalue weighted by atomic mass is 10.00. The summed E-state index contributed by atoms with van der Waals surface area (Å²) in [5.74, 6) is 0. The van der Waals surface area contributed by atoms with E-state index >= 15 is 0 Å². The van der Waals surface area contributed by atoms with Gasteiger partial charge in [-0.25, -0.2) is 0 Å². The Morgan fingerprint density at radius 2 is 0.730 bits per heavy atom. The minimum absolute atomic E-state index is 1.09. The van der Waals surface area contributed by atoms with Crippen LogP contribution in [0.5, 0.6) is 0 Å². The third kappa shape index (κ3) is 6.76. The van der Waals surface area contributed by atoms with Crippen LogP contribution >= 0.6 is 11.3 Å². The maximum atomic E-state index is 2.47. The molecule has 2 nitrogen and oxygen atoms in total. The monoisotopic (exact) mass is 820 g/mol. The molecule has 0 saturated carbocycles. The molecule has 0 aliphatic rings. The van der Waals surface area contributed by atoms with Gasteiger partial charge < -0.3 is 9.80 Å². The van der Waals surface area contributed by atoms with Crippen LogP contribution in [-0.4, -0.2) is 0 Å². The number of anilines is 6. The summed E-state index contributed by atoms with van der Waals surface area (Å²) in [6, 6.07) is 88.7. The fraction of sp³-hybridized carbons (Fsp3) is 0. The van der Waals surface area contributed by atoms with Crippen molar-refractivity contribution in [1.82, 2.24) is 0 Å². The Morgan fingerprint density at radius 3 is 1.43 bits per heavy atom. The smallest absolute Gasteiger partial charge is 0.0575 e. The molecule has 3 heteroatoms. The minimum Gasteiger partial charge on any atom is -0.310 e. The molecule has 296 valence electrons. The first-order chi connectivity index (χ1) is 31.2. The Hall–Kier alpha value is -7.98. The molecule has 12 aromatic rings. The molecule has 0 fully saturated rings. The molecule has 0 unspecified atom stereocenters. The van der Waals surface area contributed by atoms with Gasteiger partial charge in [0, 0.05) is 48.6 Å². The van der Waals surface area contributed by atoms with E-state index in [1.54, 1.807) is 0 Å². The van der Waals surface area contributed by atoms with Crippen LogP contribution in [0.3, 0.4) is 0 Å². The van der Waals surface area contributed by atoms with Crippen molar-refractivity contribution in [2.75, 3.05) is 9.80 Å². The lowest BCUT2D eigenvalue weighted by molar-refractivity contribution is 1.27. The summed E-state index contributed by atoms with van der Waals surface area (Å²) in [6.45, 7) is 0. The fourth-order valence-electron chi connectivity index (χ4n) is 9.25. The summed E-state index contributed by atoms with van der Waals surface area (Å²) in [5, 5.41) is 9.80. The summed E-state index contributed by atoms with van der Waals surface area (Å²) >= 11 is 1.87. The van der Waals surface area contributed by atoms with Gasteiger partial charge in [-0.15, -0.1) is 11.3 Å². The van der Waals surface area contributed by atoms with E-state index in [1.165, 1.54) is 74.7 Å². The summed E-state index contributed by atoms with van der Waals surface area (Å²) in [4.78, 5) is 4.90. The van der Waals surface area contributed by atoms with Gasteiger partial charge in [0.2, 0.25) is 0 Å². The zero-order valence-corrected chi connectivity index (χ0v) is 35.2. The number of benzene rings is 11. The predicted octanol–water partition coefficient (Wildman–Crippen LogP) is 17.8. The van der Waals surface area contributed by atoms with E-state index < -0.39 is 0 Å². The highest BCUT2D eigenvalue weighted by Gasteiger charge is 2.24. The standard InChI is InChI=1S/C60H40N2S/c1-4-14-41(15-5-1)44-26-30-52(31-27-44)61(53-32-28-43-18-10-11-19-46(43)35-53)55-39-57(60-56-37-47-20-12-13-21-48(47)38-58(56)63-59(60)40-55)62(51-22-8-3-9-23-51)54-33-29-45-24-25-49(34-50(45)36-54)42-16-6-2-7-17-42/h1-40H. The molecule has 1 aromatic heterocycles. The molecular formula is C60H40N2S. The molecule has 12 rings (SSSR count). The highest BCUT2D eigenvalue weighted by atomic mass is 32.1. The van der Waals surface area contributed by atoms with Gasteiger partial charge in [-0.1, -0.05) is 164 Å². The van der Waals surface area contributed by atoms with Crippen LogP contribution < -0.4 is 9.80 Å². The third-order valence-corrected chi connectivity index (χ3v) is 13.4. The number of hydrogen-bond acceptors (Lipinski definition) is 3. The first-order valence-electron chi connectivity index (χ1n) is 21.5. The van der Waals surface area contributed by atoms with Crippen molar-refractivity contribution in [3.8, 4) is 22.3 Å². The van der Waals surface area contributed by atoms with Crippen molar-refractivity contribution < 1.29 is 0 Å². The molecule has 1 heterocycles. The number of rotatable bonds is 8. The minimum atomic E-state index is 1.09. The zero-order valence-electron chi connectivity index (χ0n) is 34.4. The molecule has 0 atom stereocenters. The second kappa shape index (κ2) is 15.5. The summed E-state index contributed by atoms with van der Waals surface area (Å²) in [6.07, 6.45) is 0. The van der Waals surface area contributed by atoms with Crippen molar-refractivity contribution in [2.24, 2.45) is 0 Å². The molecule has 0 aliphatic carbocycles. The Bertz CT molecular complexity index is 3620. The van der Waals surface area contributed by atoms with Crippen molar-refractivity contribution in [1.29, 1.82) is 0 Å². The van der Waals surface area contributed by atoms with E-state index in [4.69, 9.17) is 0 Å². The van der Waals surface area contributed by atoms with E-state index in [0.29, 0.717) is 0 Å². The number of para-hydroxylation sites is 1. The van der Waals surface area contributed by atoms with Crippen LogP contribution in [0.4, 0.5) is 34.1 Å². The van der Waals surface area contributed by atoms with Crippen LogP contribution in [0.1, 0.15) is 0 Å². The van der Waals surface area contributed by atoms with Gasteiger partial charge in [0.25, 0.3) is 0 Å². The Balaban J connectivity index is 1.13. The molecule has 0 bridgehead atoms. The lowest BCUT2D eigenvalue weighted by Gasteiger charge is -2.30. The summed E-state index contributed by atoms with van der Waals surface area (Å²) in [5.41, 5.74) is 11.4. The molecule has 0 aliphatic heterocycles. The van der Waals surface area contributed by atoms with E-state index in [1.807, 2.05) is 11.3 Å². The number of nitrogens with zero attached hydrogens (tertiary/aromatic N) is 2. The average Bonchev–Trinajstić information content (AvgIpc) is 3.71. The molecule has 0 spiro atoms. The number of fused-ring (bicyclic) bond motifs is 6. The molecule has 63 heavy (non-hydrogen) atoms. The topological polar surface area (TPSA) is 6.48 Å². The maximum absolute atomic E-state index is 2.47. The third-order valence-electron chi connectivity index (χ3n) is 12.3. The maximum Gasteiger partial charge on any atom is 0.0575 e. The van der Waals surface area contributed by atoms with E-state index in [2.05, 4.69) is 252 Å². The first kappa shape index (κ1) is 36.8. The highest BCUT2D eigenvalue weighted by molar-refractivity contribution is 7.26. The Kier molecular flexibility index (Phi) is 9.06. The van der Waals surface area contributed by atoms with Crippen molar-refractivity contribution in [2.45, 2.75) is 0 Å². The molecule has 0 radical (unpaired) electrons. The molecule has 0 N–H and O–H groups in total. The number of hydrogen-bond donors (Lipinski definition) is 0. The molecule has 11 aromatic carbocycles. The molecular weight excluding hydrogens is 781 g/mol. The number of thiophene rings is 1. The van der Waals surface area contributed by atoms with Crippen LogP contribution in [0.25, 0.3) is 74.7 Å². The quantitative estimate of drug-likeness (QED) is 0.151. The largest absolute Gasteiger partial charge is 0.310 e. The van der Waals surface area contributed by atoms with Gasteiger partial charge in [0.15, 0.2) is 0 Å². The lowest BCUT2D eigenvalue weighted by Crippen LogP contribution is -2.13. The van der Waals surface area contributed by atoms with Crippen LogP contribution in [0, 0.1) is 0 Å². The van der Waals surface area contributed by atoms with Gasteiger partial charge in [-0.2, -0.15) is 0 Å². The van der Waals surface area contributed by atoms with E-state index in [-0.39, 0.29) is 0 Å². The SMILES string of the molecule is c1ccc(-c2ccc(N(c3ccc4ccccc4c3)c3cc(N(c4ccccc4)c4ccc5ccc(-c6ccccc6)cc5c4)c4c(c3)sc3cc5ccccc5cc34)cc2)cc1. The van der Waals surface area contributed by atoms with E-state index in [9.17, 15) is 0 Å². The van der Waals surface area contributed by atoms with Crippen molar-refractivity contribution in [3.63, 3.8) is 0 Å². The highest BCUT2D eigenvalue weighted by Crippen LogP contribution is 2.50. The molecule has 0 saturated heterocycles. The predicted molar refractivity (Wildman–Crippen MR) is 272 cm³/mol. The zero-order chi connectivity index (χ0) is 41.7. The van der Waals surface area contributed by atoms with Gasteiger partial charge in [-0.05, 0) is 133 Å².